The maximum Gasteiger partial charge on any atom is 0.408 e. The molecular weight excluding hydrogens is 498 g/mol. The van der Waals surface area contributed by atoms with Gasteiger partial charge in [0.05, 0.1) is 0 Å². The van der Waals surface area contributed by atoms with Gasteiger partial charge < -0.3 is 30.6 Å². The van der Waals surface area contributed by atoms with Gasteiger partial charge >= 0.3 is 6.09 Å². The van der Waals surface area contributed by atoms with Crippen LogP contribution in [-0.4, -0.2) is 70.0 Å². The van der Waals surface area contributed by atoms with Crippen molar-refractivity contribution in [1.82, 2.24) is 25.8 Å². The fraction of sp³-hybridized carbons (Fsp3) is 0.586. The maximum absolute atomic E-state index is 13.9. The Labute approximate surface area is 230 Å². The number of hydrogen-bond acceptors (Lipinski definition) is 5. The maximum atomic E-state index is 13.9. The Morgan fingerprint density at radius 2 is 1.79 bits per heavy atom. The van der Waals surface area contributed by atoms with E-state index in [0.29, 0.717) is 13.1 Å². The summed E-state index contributed by atoms with van der Waals surface area (Å²) >= 11 is 0. The molecule has 4 amide bonds. The highest BCUT2D eigenvalue weighted by Crippen LogP contribution is 2.21. The highest BCUT2D eigenvalue weighted by atomic mass is 16.6. The zero-order valence-electron chi connectivity index (χ0n) is 24.1. The molecule has 1 aliphatic heterocycles. The first-order chi connectivity index (χ1) is 18.2. The fourth-order valence-corrected chi connectivity index (χ4v) is 4.56. The van der Waals surface area contributed by atoms with Crippen LogP contribution < -0.4 is 16.0 Å². The van der Waals surface area contributed by atoms with E-state index in [2.05, 4.69) is 20.9 Å². The second kappa shape index (κ2) is 12.1. The molecule has 1 aromatic carbocycles. The van der Waals surface area contributed by atoms with Gasteiger partial charge in [0.1, 0.15) is 17.2 Å². The molecule has 10 heteroatoms. The van der Waals surface area contributed by atoms with Crippen LogP contribution in [0.2, 0.25) is 0 Å². The first-order valence-electron chi connectivity index (χ1n) is 13.6. The monoisotopic (exact) mass is 541 g/mol. The Morgan fingerprint density at radius 1 is 1.10 bits per heavy atom. The average molecular weight is 542 g/mol. The van der Waals surface area contributed by atoms with Gasteiger partial charge in [0, 0.05) is 48.6 Å². The molecule has 39 heavy (non-hydrogen) atoms. The van der Waals surface area contributed by atoms with Gasteiger partial charge in [-0.2, -0.15) is 0 Å². The molecule has 1 saturated heterocycles. The fourth-order valence-electron chi connectivity index (χ4n) is 4.56. The van der Waals surface area contributed by atoms with Gasteiger partial charge in [-0.3, -0.25) is 14.4 Å². The Hall–Kier alpha value is -3.56. The number of piperidine rings is 1. The summed E-state index contributed by atoms with van der Waals surface area (Å²) in [6.07, 6.45) is 2.92. The van der Waals surface area contributed by atoms with Gasteiger partial charge in [0.2, 0.25) is 17.7 Å². The number of benzene rings is 1. The number of amides is 4. The van der Waals surface area contributed by atoms with E-state index in [1.165, 1.54) is 0 Å². The Bertz CT molecular complexity index is 1200. The van der Waals surface area contributed by atoms with Crippen LogP contribution in [0.5, 0.6) is 0 Å². The van der Waals surface area contributed by atoms with Crippen molar-refractivity contribution in [2.75, 3.05) is 13.1 Å². The van der Waals surface area contributed by atoms with Crippen molar-refractivity contribution in [3.05, 3.63) is 36.0 Å². The summed E-state index contributed by atoms with van der Waals surface area (Å²) in [5, 5.41) is 9.51. The Balaban J connectivity index is 1.81. The van der Waals surface area contributed by atoms with Crippen LogP contribution in [0, 0.1) is 5.92 Å². The number of nitrogens with one attached hydrogen (secondary N) is 4. The zero-order chi connectivity index (χ0) is 29.0. The van der Waals surface area contributed by atoms with Crippen LogP contribution in [0.4, 0.5) is 4.79 Å². The van der Waals surface area contributed by atoms with E-state index in [0.717, 1.165) is 29.3 Å². The second-order valence-electron chi connectivity index (χ2n) is 12.1. The van der Waals surface area contributed by atoms with E-state index in [9.17, 15) is 19.2 Å². The number of fused-ring (bicyclic) bond motifs is 1. The summed E-state index contributed by atoms with van der Waals surface area (Å²) in [7, 11) is 0. The number of carbonyl (C=O) groups is 4. The third kappa shape index (κ3) is 8.21. The largest absolute Gasteiger partial charge is 0.444 e. The van der Waals surface area contributed by atoms with E-state index < -0.39 is 29.2 Å². The minimum Gasteiger partial charge on any atom is -0.444 e. The lowest BCUT2D eigenvalue weighted by atomic mass is 9.98. The smallest absolute Gasteiger partial charge is 0.408 e. The Kier molecular flexibility index (Phi) is 9.30. The highest BCUT2D eigenvalue weighted by Gasteiger charge is 2.37. The van der Waals surface area contributed by atoms with Crippen LogP contribution in [0.15, 0.2) is 30.5 Å². The van der Waals surface area contributed by atoms with Crippen molar-refractivity contribution >= 4 is 34.7 Å². The number of nitrogens with zero attached hydrogens (tertiary/aromatic N) is 1. The number of likely N-dealkylation sites (tertiary alicyclic amines) is 1. The first kappa shape index (κ1) is 30.0. The predicted octanol–water partition coefficient (Wildman–Crippen LogP) is 3.26. The number of carbonyl (C=O) groups excluding carboxylic acids is 4. The SMILES string of the molecule is CC(C)C(=O)NC1CCCN(C(=O)[C@@H](Cc2c[nH]c3ccccc23)NC(=O)C(C)(C)NC(=O)OC(C)(C)C)C1. The van der Waals surface area contributed by atoms with Gasteiger partial charge in [-0.25, -0.2) is 4.79 Å². The molecule has 2 atom stereocenters. The third-order valence-corrected chi connectivity index (χ3v) is 6.69. The molecule has 3 rings (SSSR count). The average Bonchev–Trinajstić information content (AvgIpc) is 3.24. The quantitative estimate of drug-likeness (QED) is 0.407. The van der Waals surface area contributed by atoms with Gasteiger partial charge in [-0.05, 0) is 59.1 Å². The molecule has 0 saturated carbocycles. The lowest BCUT2D eigenvalue weighted by molar-refractivity contribution is -0.139. The van der Waals surface area contributed by atoms with Crippen molar-refractivity contribution in [1.29, 1.82) is 0 Å². The predicted molar refractivity (Wildman–Crippen MR) is 150 cm³/mol. The summed E-state index contributed by atoms with van der Waals surface area (Å²) < 4.78 is 5.32. The third-order valence-electron chi connectivity index (χ3n) is 6.69. The van der Waals surface area contributed by atoms with Crippen molar-refractivity contribution < 1.29 is 23.9 Å². The first-order valence-corrected chi connectivity index (χ1v) is 13.6. The molecule has 10 nitrogen and oxygen atoms in total. The topological polar surface area (TPSA) is 133 Å². The van der Waals surface area contributed by atoms with Gasteiger partial charge in [-0.15, -0.1) is 0 Å². The van der Waals surface area contributed by atoms with Crippen LogP contribution in [-0.2, 0) is 25.5 Å². The number of aromatic amines is 1. The Morgan fingerprint density at radius 3 is 2.46 bits per heavy atom. The van der Waals surface area contributed by atoms with Crippen molar-refractivity contribution in [2.45, 2.75) is 91.0 Å². The number of ether oxygens (including phenoxy) is 1. The van der Waals surface area contributed by atoms with Crippen molar-refractivity contribution in [3.8, 4) is 0 Å². The van der Waals surface area contributed by atoms with E-state index in [-0.39, 0.29) is 30.2 Å². The molecular formula is C29H43N5O5. The molecule has 2 aromatic rings. The summed E-state index contributed by atoms with van der Waals surface area (Å²) in [6, 6.07) is 6.75. The van der Waals surface area contributed by atoms with E-state index >= 15 is 0 Å². The van der Waals surface area contributed by atoms with Crippen molar-refractivity contribution in [3.63, 3.8) is 0 Å². The van der Waals surface area contributed by atoms with E-state index in [1.807, 2.05) is 44.3 Å². The molecule has 2 heterocycles. The minimum atomic E-state index is -1.34. The molecule has 1 aromatic heterocycles. The number of para-hydroxylation sites is 1. The minimum absolute atomic E-state index is 0.0482. The molecule has 1 aliphatic rings. The summed E-state index contributed by atoms with van der Waals surface area (Å²) in [4.78, 5) is 56.9. The van der Waals surface area contributed by atoms with Crippen LogP contribution >= 0.6 is 0 Å². The molecule has 214 valence electrons. The molecule has 4 N–H and O–H groups in total. The molecule has 0 aliphatic carbocycles. The lowest BCUT2D eigenvalue weighted by Gasteiger charge is -2.36. The molecule has 1 fully saturated rings. The number of aromatic nitrogens is 1. The normalized spacial score (nSPS) is 17.0. The van der Waals surface area contributed by atoms with Crippen molar-refractivity contribution in [2.24, 2.45) is 5.92 Å². The van der Waals surface area contributed by atoms with Crippen LogP contribution in [0.1, 0.15) is 66.9 Å². The van der Waals surface area contributed by atoms with Crippen LogP contribution in [0.3, 0.4) is 0 Å². The van der Waals surface area contributed by atoms with E-state index in [4.69, 9.17) is 4.74 Å². The summed E-state index contributed by atoms with van der Waals surface area (Å²) in [6.45, 7) is 12.9. The number of hydrogen-bond donors (Lipinski definition) is 4. The molecule has 1 unspecified atom stereocenters. The molecule has 0 spiro atoms. The summed E-state index contributed by atoms with van der Waals surface area (Å²) in [5.74, 6) is -0.934. The molecule has 0 bridgehead atoms. The number of rotatable bonds is 8. The zero-order valence-corrected chi connectivity index (χ0v) is 24.1. The number of alkyl carbamates (subject to hydrolysis) is 1. The van der Waals surface area contributed by atoms with Gasteiger partial charge in [-0.1, -0.05) is 32.0 Å². The standard InChI is InChI=1S/C29H43N5O5/c1-18(2)24(35)31-20-11-10-14-34(17-20)25(36)23(15-19-16-30-22-13-9-8-12-21(19)22)32-26(37)29(6,7)33-27(38)39-28(3,4)5/h8-9,12-13,16,18,20,23,30H,10-11,14-15,17H2,1-7H3,(H,31,35)(H,32,37)(H,33,38)/t20?,23-/m1/s1. The number of H-pyrrole nitrogens is 1. The molecule has 0 radical (unpaired) electrons. The van der Waals surface area contributed by atoms with E-state index in [1.54, 1.807) is 39.5 Å². The highest BCUT2D eigenvalue weighted by molar-refractivity contribution is 5.94. The summed E-state index contributed by atoms with van der Waals surface area (Å²) in [5.41, 5.74) is -0.230. The van der Waals surface area contributed by atoms with Gasteiger partial charge in [0.15, 0.2) is 0 Å². The van der Waals surface area contributed by atoms with Crippen LogP contribution in [0.25, 0.3) is 10.9 Å². The lowest BCUT2D eigenvalue weighted by Crippen LogP contribution is -2.61. The second-order valence-corrected chi connectivity index (χ2v) is 12.1. The van der Waals surface area contributed by atoms with Gasteiger partial charge in [0.25, 0.3) is 0 Å².